The Morgan fingerprint density at radius 2 is 1.33 bits per heavy atom. The first kappa shape index (κ1) is 22.3. The van der Waals surface area contributed by atoms with Crippen molar-refractivity contribution in [3.8, 4) is 0 Å². The Bertz CT molecular complexity index is 484. The molecule has 0 spiro atoms. The highest BCUT2D eigenvalue weighted by Gasteiger charge is 2.47. The van der Waals surface area contributed by atoms with E-state index < -0.39 is 46.2 Å². The molecule has 0 rings (SSSR count). The molecular formula is C12H20F3N3O5S. The van der Waals surface area contributed by atoms with Gasteiger partial charge in [0.15, 0.2) is 0 Å². The van der Waals surface area contributed by atoms with E-state index in [1.165, 1.54) is 41.5 Å². The summed E-state index contributed by atoms with van der Waals surface area (Å²) in [4.78, 5) is 24.0. The molecule has 0 saturated heterocycles. The third-order valence-corrected chi connectivity index (χ3v) is 2.50. The molecule has 0 bridgehead atoms. The molecule has 0 aromatic carbocycles. The number of amides is 2. The van der Waals surface area contributed by atoms with Gasteiger partial charge >= 0.3 is 17.7 Å². The number of guanidine groups is 1. The van der Waals surface area contributed by atoms with Gasteiger partial charge in [-0.15, -0.1) is 18.1 Å². The van der Waals surface area contributed by atoms with E-state index >= 15 is 0 Å². The SMILES string of the molecule is CC(C)(C)OC(=O)N(C(=O)OC(C)(C)C)C(N)=N[S+]([O-])C(F)(F)F. The number of ether oxygens (including phenoxy) is 2. The largest absolute Gasteiger partial charge is 0.600 e. The number of hydrogen-bond acceptors (Lipinski definition) is 6. The van der Waals surface area contributed by atoms with Gasteiger partial charge in [0.2, 0.25) is 11.4 Å². The number of alkyl halides is 3. The molecule has 12 heteroatoms. The van der Waals surface area contributed by atoms with Crippen LogP contribution < -0.4 is 5.73 Å². The lowest BCUT2D eigenvalue weighted by Crippen LogP contribution is -2.50. The smallest absolute Gasteiger partial charge is 0.584 e. The second kappa shape index (κ2) is 7.47. The van der Waals surface area contributed by atoms with E-state index in [1.807, 2.05) is 0 Å². The third-order valence-electron chi connectivity index (χ3n) is 1.76. The van der Waals surface area contributed by atoms with Gasteiger partial charge in [-0.3, -0.25) is 0 Å². The van der Waals surface area contributed by atoms with Gasteiger partial charge in [0, 0.05) is 0 Å². The summed E-state index contributed by atoms with van der Waals surface area (Å²) in [6.45, 7) is 8.75. The molecule has 0 saturated carbocycles. The zero-order valence-electron chi connectivity index (χ0n) is 14.1. The topological polar surface area (TPSA) is 117 Å². The molecule has 1 atom stereocenters. The predicted octanol–water partition coefficient (Wildman–Crippen LogP) is 2.66. The zero-order valence-corrected chi connectivity index (χ0v) is 14.9. The molecule has 0 aliphatic rings. The van der Waals surface area contributed by atoms with E-state index in [1.54, 1.807) is 0 Å². The normalized spacial score (nSPS) is 14.8. The van der Waals surface area contributed by atoms with Crippen molar-refractivity contribution in [1.82, 2.24) is 4.90 Å². The van der Waals surface area contributed by atoms with Crippen LogP contribution >= 0.6 is 0 Å². The highest BCUT2D eigenvalue weighted by molar-refractivity contribution is 7.91. The maximum atomic E-state index is 12.3. The van der Waals surface area contributed by atoms with Crippen molar-refractivity contribution < 1.29 is 36.8 Å². The quantitative estimate of drug-likeness (QED) is 0.428. The molecule has 0 fully saturated rings. The van der Waals surface area contributed by atoms with Crippen LogP contribution in [0.1, 0.15) is 41.5 Å². The molecule has 0 radical (unpaired) electrons. The number of hydrogen-bond donors (Lipinski definition) is 1. The number of imide groups is 1. The molecule has 0 aliphatic carbocycles. The maximum Gasteiger partial charge on any atom is 0.600 e. The minimum absolute atomic E-state index is 0.0554. The second-order valence-corrected chi connectivity index (χ2v) is 7.58. The summed E-state index contributed by atoms with van der Waals surface area (Å²) in [5, 5.41) is 0. The van der Waals surface area contributed by atoms with Gasteiger partial charge in [-0.1, -0.05) is 0 Å². The maximum absolute atomic E-state index is 12.3. The fourth-order valence-electron chi connectivity index (χ4n) is 1.05. The van der Waals surface area contributed by atoms with Crippen LogP contribution in [0.3, 0.4) is 0 Å². The number of carbonyl (C=O) groups excluding carboxylic acids is 2. The Morgan fingerprint density at radius 1 is 1.00 bits per heavy atom. The Balaban J connectivity index is 5.66. The molecule has 8 nitrogen and oxygen atoms in total. The van der Waals surface area contributed by atoms with E-state index in [4.69, 9.17) is 15.2 Å². The Hall–Kier alpha value is -1.69. The van der Waals surface area contributed by atoms with Gasteiger partial charge in [0.1, 0.15) is 11.2 Å². The average molecular weight is 375 g/mol. The number of carbonyl (C=O) groups is 2. The van der Waals surface area contributed by atoms with Gasteiger partial charge in [-0.25, -0.2) is 9.59 Å². The van der Waals surface area contributed by atoms with Crippen LogP contribution in [0.4, 0.5) is 22.8 Å². The Morgan fingerprint density at radius 3 is 1.58 bits per heavy atom. The summed E-state index contributed by atoms with van der Waals surface area (Å²) < 4.78 is 60.2. The van der Waals surface area contributed by atoms with Crippen LogP contribution in [0, 0.1) is 0 Å². The van der Waals surface area contributed by atoms with Crippen LogP contribution in [0.15, 0.2) is 4.40 Å². The van der Waals surface area contributed by atoms with Crippen molar-refractivity contribution in [2.24, 2.45) is 10.1 Å². The fourth-order valence-corrected chi connectivity index (χ4v) is 1.41. The molecule has 0 heterocycles. The summed E-state index contributed by atoms with van der Waals surface area (Å²) in [6.07, 6.45) is -2.84. The lowest BCUT2D eigenvalue weighted by atomic mass is 10.2. The lowest BCUT2D eigenvalue weighted by molar-refractivity contribution is -0.0435. The number of nitrogens with two attached hydrogens (primary N) is 1. The molecule has 2 amide bonds. The van der Waals surface area contributed by atoms with E-state index in [-0.39, 0.29) is 4.90 Å². The summed E-state index contributed by atoms with van der Waals surface area (Å²) in [6, 6.07) is 0. The summed E-state index contributed by atoms with van der Waals surface area (Å²) in [5.41, 5.74) is -2.14. The van der Waals surface area contributed by atoms with Crippen LogP contribution in [0.25, 0.3) is 0 Å². The number of rotatable bonds is 1. The van der Waals surface area contributed by atoms with Gasteiger partial charge in [0.25, 0.3) is 5.96 Å². The first-order valence-electron chi connectivity index (χ1n) is 6.53. The minimum atomic E-state index is -5.21. The summed E-state index contributed by atoms with van der Waals surface area (Å²) in [7, 11) is 0. The Labute approximate surface area is 140 Å². The standard InChI is InChI=1S/C12H20F3N3O5S/c1-10(2,3)22-8(19)18(9(20)23-11(4,5)6)7(16)17-24(21)12(13,14)15/h1-6H3,(H2,16,17). The van der Waals surface area contributed by atoms with E-state index in [0.717, 1.165) is 0 Å². The van der Waals surface area contributed by atoms with Crippen LogP contribution in [-0.2, 0) is 20.8 Å². The van der Waals surface area contributed by atoms with Crippen molar-refractivity contribution in [2.75, 3.05) is 0 Å². The Kier molecular flexibility index (Phi) is 6.94. The minimum Gasteiger partial charge on any atom is -0.584 e. The van der Waals surface area contributed by atoms with Crippen molar-refractivity contribution in [2.45, 2.75) is 58.3 Å². The second-order valence-electron chi connectivity index (χ2n) is 6.44. The first-order chi connectivity index (χ1) is 10.4. The third kappa shape index (κ3) is 8.24. The molecule has 140 valence electrons. The number of halogens is 3. The average Bonchev–Trinajstić information content (AvgIpc) is 2.21. The van der Waals surface area contributed by atoms with E-state index in [2.05, 4.69) is 4.40 Å². The fraction of sp³-hybridized carbons (Fsp3) is 0.750. The summed E-state index contributed by atoms with van der Waals surface area (Å²) in [5.74, 6) is -1.27. The van der Waals surface area contributed by atoms with E-state index in [9.17, 15) is 27.3 Å². The molecule has 0 aliphatic heterocycles. The molecule has 2 N–H and O–H groups in total. The highest BCUT2D eigenvalue weighted by Crippen LogP contribution is 2.25. The first-order valence-corrected chi connectivity index (χ1v) is 7.63. The van der Waals surface area contributed by atoms with Crippen LogP contribution in [0.5, 0.6) is 0 Å². The molecule has 1 unspecified atom stereocenters. The van der Waals surface area contributed by atoms with Gasteiger partial charge in [-0.2, -0.15) is 0 Å². The van der Waals surface area contributed by atoms with Crippen LogP contribution in [0.2, 0.25) is 0 Å². The number of nitrogens with zero attached hydrogens (tertiary/aromatic N) is 2. The van der Waals surface area contributed by atoms with Gasteiger partial charge < -0.3 is 19.8 Å². The van der Waals surface area contributed by atoms with Crippen molar-refractivity contribution >= 4 is 29.5 Å². The highest BCUT2D eigenvalue weighted by atomic mass is 32.2. The van der Waals surface area contributed by atoms with Crippen molar-refractivity contribution in [3.63, 3.8) is 0 Å². The monoisotopic (exact) mass is 375 g/mol. The van der Waals surface area contributed by atoms with Crippen molar-refractivity contribution in [3.05, 3.63) is 0 Å². The van der Waals surface area contributed by atoms with Gasteiger partial charge in [0.05, 0.1) is 0 Å². The van der Waals surface area contributed by atoms with E-state index in [0.29, 0.717) is 0 Å². The van der Waals surface area contributed by atoms with Crippen molar-refractivity contribution in [1.29, 1.82) is 0 Å². The molecule has 24 heavy (non-hydrogen) atoms. The predicted molar refractivity (Wildman–Crippen MR) is 80.1 cm³/mol. The van der Waals surface area contributed by atoms with Crippen LogP contribution in [-0.4, -0.2) is 44.3 Å². The molecule has 0 aromatic rings. The van der Waals surface area contributed by atoms with Gasteiger partial charge in [-0.05, 0) is 45.9 Å². The molecule has 0 aromatic heterocycles. The lowest BCUT2D eigenvalue weighted by Gasteiger charge is -2.27. The summed E-state index contributed by atoms with van der Waals surface area (Å²) >= 11 is -3.76. The zero-order chi connectivity index (χ0) is 19.5. The molecular weight excluding hydrogens is 355 g/mol.